The van der Waals surface area contributed by atoms with Crippen molar-refractivity contribution in [3.63, 3.8) is 0 Å². The largest absolute Gasteiger partial charge is 0.394 e. The number of nitrogens with zero attached hydrogens (tertiary/aromatic N) is 2. The lowest BCUT2D eigenvalue weighted by molar-refractivity contribution is -0.0526. The Morgan fingerprint density at radius 2 is 2.22 bits per heavy atom. The number of nitrogens with two attached hydrogens (primary N) is 1. The lowest BCUT2D eigenvalue weighted by Gasteiger charge is -2.14. The number of nitrogen functional groups attached to an aromatic ring is 1. The lowest BCUT2D eigenvalue weighted by atomic mass is 10.1. The smallest absolute Gasteiger partial charge is 0.151 e. The highest BCUT2D eigenvalue weighted by Crippen LogP contribution is 2.48. The number of aliphatic hydroxyl groups is 1. The SMILES string of the molecule is Nc1ncnc2c([C@@H]3OC(CO)C4O[C@H]43)c[nH]c12. The monoisotopic (exact) mass is 248 g/mol. The number of epoxide rings is 1. The number of anilines is 1. The molecule has 7 nitrogen and oxygen atoms in total. The molecule has 2 aliphatic rings. The third kappa shape index (κ3) is 1.23. The van der Waals surface area contributed by atoms with Crippen LogP contribution >= 0.6 is 0 Å². The van der Waals surface area contributed by atoms with Gasteiger partial charge in [-0.2, -0.15) is 0 Å². The molecule has 0 aromatic carbocycles. The topological polar surface area (TPSA) is 110 Å². The average Bonchev–Trinajstić information content (AvgIpc) is 2.91. The number of hydrogen-bond acceptors (Lipinski definition) is 6. The van der Waals surface area contributed by atoms with Crippen LogP contribution in [0.3, 0.4) is 0 Å². The molecule has 0 amide bonds. The molecule has 4 N–H and O–H groups in total. The van der Waals surface area contributed by atoms with E-state index in [9.17, 15) is 5.11 Å². The van der Waals surface area contributed by atoms with Gasteiger partial charge in [-0.25, -0.2) is 9.97 Å². The van der Waals surface area contributed by atoms with Crippen molar-refractivity contribution in [2.75, 3.05) is 12.3 Å². The van der Waals surface area contributed by atoms with E-state index in [1.54, 1.807) is 0 Å². The fourth-order valence-corrected chi connectivity index (χ4v) is 2.61. The van der Waals surface area contributed by atoms with Gasteiger partial charge < -0.3 is 25.3 Å². The van der Waals surface area contributed by atoms with Crippen LogP contribution in [0.2, 0.25) is 0 Å². The van der Waals surface area contributed by atoms with Gasteiger partial charge in [0.15, 0.2) is 5.82 Å². The second-order valence-corrected chi connectivity index (χ2v) is 4.57. The first-order valence-electron chi connectivity index (χ1n) is 5.79. The average molecular weight is 248 g/mol. The van der Waals surface area contributed by atoms with Crippen LogP contribution in [0.25, 0.3) is 11.0 Å². The Morgan fingerprint density at radius 3 is 3.00 bits per heavy atom. The quantitative estimate of drug-likeness (QED) is 0.632. The molecule has 2 saturated heterocycles. The van der Waals surface area contributed by atoms with Crippen molar-refractivity contribution >= 4 is 16.9 Å². The van der Waals surface area contributed by atoms with Crippen molar-refractivity contribution in [3.8, 4) is 0 Å². The van der Waals surface area contributed by atoms with E-state index in [0.29, 0.717) is 11.3 Å². The van der Waals surface area contributed by atoms with Gasteiger partial charge in [-0.05, 0) is 0 Å². The number of rotatable bonds is 2. The standard InChI is InChI=1S/C11H12N4O3/c12-11-7-6(14-3-15-11)4(1-13-7)8-10-9(18-10)5(2-16)17-8/h1,3,5,8-10,13,16H,2H2,(H2,12,14,15)/t5?,8-,9?,10-/m0/s1. The highest BCUT2D eigenvalue weighted by molar-refractivity contribution is 5.87. The molecular weight excluding hydrogens is 236 g/mol. The molecular formula is C11H12N4O3. The number of aliphatic hydroxyl groups excluding tert-OH is 1. The highest BCUT2D eigenvalue weighted by atomic mass is 16.7. The van der Waals surface area contributed by atoms with Crippen LogP contribution in [0.4, 0.5) is 5.82 Å². The summed E-state index contributed by atoms with van der Waals surface area (Å²) in [6.07, 6.45) is 2.82. The number of ether oxygens (including phenoxy) is 2. The Bertz CT molecular complexity index is 613. The molecule has 4 rings (SSSR count). The third-order valence-corrected chi connectivity index (χ3v) is 3.56. The molecule has 0 bridgehead atoms. The molecule has 0 spiro atoms. The molecule has 4 atom stereocenters. The normalized spacial score (nSPS) is 33.8. The molecule has 7 heteroatoms. The van der Waals surface area contributed by atoms with E-state index in [4.69, 9.17) is 15.2 Å². The van der Waals surface area contributed by atoms with Crippen molar-refractivity contribution in [2.45, 2.75) is 24.4 Å². The van der Waals surface area contributed by atoms with E-state index in [-0.39, 0.29) is 31.0 Å². The minimum atomic E-state index is -0.246. The van der Waals surface area contributed by atoms with Crippen LogP contribution in [-0.2, 0) is 9.47 Å². The minimum absolute atomic E-state index is 0.00383. The zero-order valence-electron chi connectivity index (χ0n) is 9.41. The van der Waals surface area contributed by atoms with E-state index in [2.05, 4.69) is 15.0 Å². The molecule has 0 aliphatic carbocycles. The Kier molecular flexibility index (Phi) is 1.94. The predicted molar refractivity (Wildman–Crippen MR) is 61.7 cm³/mol. The van der Waals surface area contributed by atoms with Gasteiger partial charge >= 0.3 is 0 Å². The molecule has 2 aromatic rings. The van der Waals surface area contributed by atoms with Crippen molar-refractivity contribution in [1.29, 1.82) is 0 Å². The summed E-state index contributed by atoms with van der Waals surface area (Å²) in [5.41, 5.74) is 8.14. The lowest BCUT2D eigenvalue weighted by Crippen LogP contribution is -2.19. The van der Waals surface area contributed by atoms with Crippen molar-refractivity contribution in [1.82, 2.24) is 15.0 Å². The summed E-state index contributed by atoms with van der Waals surface area (Å²) in [5.74, 6) is 0.413. The van der Waals surface area contributed by atoms with E-state index < -0.39 is 0 Å². The van der Waals surface area contributed by atoms with E-state index in [0.717, 1.165) is 11.1 Å². The maximum Gasteiger partial charge on any atom is 0.151 e. The van der Waals surface area contributed by atoms with Gasteiger partial charge in [0.1, 0.15) is 36.3 Å². The predicted octanol–water partition coefficient (Wildman–Crippen LogP) is -0.260. The van der Waals surface area contributed by atoms with Gasteiger partial charge in [-0.15, -0.1) is 0 Å². The van der Waals surface area contributed by atoms with E-state index in [1.165, 1.54) is 6.33 Å². The molecule has 4 heterocycles. The maximum absolute atomic E-state index is 9.18. The Hall–Kier alpha value is -1.70. The first kappa shape index (κ1) is 10.2. The second kappa shape index (κ2) is 3.41. The summed E-state index contributed by atoms with van der Waals surface area (Å²) in [6, 6.07) is 0. The first-order valence-corrected chi connectivity index (χ1v) is 5.79. The molecule has 2 aromatic heterocycles. The Labute approximate surface area is 102 Å². The van der Waals surface area contributed by atoms with Crippen LogP contribution in [0.15, 0.2) is 12.5 Å². The minimum Gasteiger partial charge on any atom is -0.394 e. The van der Waals surface area contributed by atoms with Gasteiger partial charge in [0, 0.05) is 11.8 Å². The molecule has 94 valence electrons. The zero-order valence-corrected chi connectivity index (χ0v) is 9.41. The van der Waals surface area contributed by atoms with Gasteiger partial charge in [-0.3, -0.25) is 0 Å². The van der Waals surface area contributed by atoms with Crippen molar-refractivity contribution in [3.05, 3.63) is 18.1 Å². The second-order valence-electron chi connectivity index (χ2n) is 4.57. The third-order valence-electron chi connectivity index (χ3n) is 3.56. The molecule has 0 radical (unpaired) electrons. The molecule has 18 heavy (non-hydrogen) atoms. The van der Waals surface area contributed by atoms with Gasteiger partial charge in [0.05, 0.1) is 12.1 Å². The summed E-state index contributed by atoms with van der Waals surface area (Å²) in [6.45, 7) is -0.0306. The molecule has 2 unspecified atom stereocenters. The number of fused-ring (bicyclic) bond motifs is 2. The van der Waals surface area contributed by atoms with Gasteiger partial charge in [-0.1, -0.05) is 0 Å². The summed E-state index contributed by atoms with van der Waals surface area (Å²) in [4.78, 5) is 11.2. The number of aromatic amines is 1. The van der Waals surface area contributed by atoms with Crippen LogP contribution in [-0.4, -0.2) is 45.0 Å². The number of aromatic nitrogens is 3. The van der Waals surface area contributed by atoms with Crippen LogP contribution in [0.1, 0.15) is 11.7 Å². The summed E-state index contributed by atoms with van der Waals surface area (Å²) in [7, 11) is 0. The molecule has 2 aliphatic heterocycles. The van der Waals surface area contributed by atoms with Gasteiger partial charge in [0.25, 0.3) is 0 Å². The number of H-pyrrole nitrogens is 1. The number of hydrogen-bond donors (Lipinski definition) is 3. The molecule has 2 fully saturated rings. The van der Waals surface area contributed by atoms with E-state index >= 15 is 0 Å². The first-order chi connectivity index (χ1) is 8.79. The zero-order chi connectivity index (χ0) is 12.3. The Morgan fingerprint density at radius 1 is 1.33 bits per heavy atom. The summed E-state index contributed by atoms with van der Waals surface area (Å²) in [5, 5.41) is 9.18. The fourth-order valence-electron chi connectivity index (χ4n) is 2.61. The maximum atomic E-state index is 9.18. The summed E-state index contributed by atoms with van der Waals surface area (Å²) < 4.78 is 11.3. The fraction of sp³-hybridized carbons (Fsp3) is 0.455. The molecule has 0 saturated carbocycles. The van der Waals surface area contributed by atoms with E-state index in [1.807, 2.05) is 6.20 Å². The van der Waals surface area contributed by atoms with Gasteiger partial charge in [0.2, 0.25) is 0 Å². The Balaban J connectivity index is 1.78. The highest BCUT2D eigenvalue weighted by Gasteiger charge is 2.58. The van der Waals surface area contributed by atoms with Crippen LogP contribution in [0.5, 0.6) is 0 Å². The van der Waals surface area contributed by atoms with Crippen LogP contribution < -0.4 is 5.73 Å². The summed E-state index contributed by atoms with van der Waals surface area (Å²) >= 11 is 0. The van der Waals surface area contributed by atoms with Crippen LogP contribution in [0, 0.1) is 0 Å². The number of nitrogens with one attached hydrogen (secondary N) is 1. The van der Waals surface area contributed by atoms with Crippen molar-refractivity contribution in [2.24, 2.45) is 0 Å². The van der Waals surface area contributed by atoms with Crippen molar-refractivity contribution < 1.29 is 14.6 Å².